The second-order valence-electron chi connectivity index (χ2n) is 1.65. The molecule has 1 N–H and O–H groups in total. The van der Waals surface area contributed by atoms with E-state index < -0.39 is 4.81 Å². The van der Waals surface area contributed by atoms with E-state index >= 15 is 0 Å². The summed E-state index contributed by atoms with van der Waals surface area (Å²) < 4.78 is 0. The second-order valence-corrected chi connectivity index (χ2v) is 1.65. The smallest absolute Gasteiger partial charge is 0.114 e. The summed E-state index contributed by atoms with van der Waals surface area (Å²) in [5.74, 6) is 0. The molecule has 1 aliphatic heterocycles. The molecule has 1 saturated heterocycles. The maximum Gasteiger partial charge on any atom is 0.114 e. The SMILES string of the molecule is [O-][N+]1(O)CCC1. The van der Waals surface area contributed by atoms with Crippen molar-refractivity contribution < 1.29 is 10.0 Å². The number of hydroxylamine groups is 4. The molecule has 0 aliphatic carbocycles. The van der Waals surface area contributed by atoms with Crippen molar-refractivity contribution in [3.63, 3.8) is 0 Å². The topological polar surface area (TPSA) is 43.3 Å². The van der Waals surface area contributed by atoms with Crippen LogP contribution in [-0.2, 0) is 0 Å². The average molecular weight is 89.1 g/mol. The van der Waals surface area contributed by atoms with Gasteiger partial charge < -0.3 is 5.21 Å². The Labute approximate surface area is 35.9 Å². The van der Waals surface area contributed by atoms with Crippen molar-refractivity contribution in [3.8, 4) is 0 Å². The summed E-state index contributed by atoms with van der Waals surface area (Å²) in [6.07, 6.45) is 0.875. The van der Waals surface area contributed by atoms with Gasteiger partial charge in [0, 0.05) is 0 Å². The molecule has 0 saturated carbocycles. The molecule has 3 heteroatoms. The van der Waals surface area contributed by atoms with E-state index in [1.165, 1.54) is 0 Å². The fourth-order valence-electron chi connectivity index (χ4n) is 0.429. The van der Waals surface area contributed by atoms with Crippen molar-refractivity contribution in [2.45, 2.75) is 6.42 Å². The molecule has 1 fully saturated rings. The normalized spacial score (nSPS) is 29.0. The number of quaternary nitrogens is 1. The molecular formula is C3H7NO2. The molecule has 1 rings (SSSR count). The summed E-state index contributed by atoms with van der Waals surface area (Å²) in [6, 6.07) is 0. The zero-order valence-corrected chi connectivity index (χ0v) is 3.42. The first-order chi connectivity index (χ1) is 2.71. The Bertz CT molecular complexity index is 55.8. The van der Waals surface area contributed by atoms with E-state index in [1.54, 1.807) is 0 Å². The van der Waals surface area contributed by atoms with Crippen LogP contribution in [0.15, 0.2) is 0 Å². The van der Waals surface area contributed by atoms with Crippen LogP contribution in [0.2, 0.25) is 0 Å². The van der Waals surface area contributed by atoms with Crippen LogP contribution in [0.5, 0.6) is 0 Å². The molecular weight excluding hydrogens is 82.0 g/mol. The lowest BCUT2D eigenvalue weighted by molar-refractivity contribution is -1.09. The van der Waals surface area contributed by atoms with Gasteiger partial charge in [0.2, 0.25) is 0 Å². The van der Waals surface area contributed by atoms with Gasteiger partial charge in [0.15, 0.2) is 0 Å². The van der Waals surface area contributed by atoms with Crippen molar-refractivity contribution in [2.24, 2.45) is 0 Å². The van der Waals surface area contributed by atoms with E-state index in [2.05, 4.69) is 0 Å². The van der Waals surface area contributed by atoms with Crippen molar-refractivity contribution in [1.82, 2.24) is 0 Å². The number of hydrogen-bond donors (Lipinski definition) is 1. The van der Waals surface area contributed by atoms with Gasteiger partial charge in [-0.2, -0.15) is 0 Å². The molecule has 0 amide bonds. The van der Waals surface area contributed by atoms with Crippen LogP contribution >= 0.6 is 0 Å². The lowest BCUT2D eigenvalue weighted by Gasteiger charge is -2.40. The average Bonchev–Trinajstić information content (AvgIpc) is 1.32. The molecule has 0 atom stereocenters. The summed E-state index contributed by atoms with van der Waals surface area (Å²) in [6.45, 7) is 0.778. The zero-order valence-electron chi connectivity index (χ0n) is 3.42. The minimum Gasteiger partial charge on any atom is -0.598 e. The minimum atomic E-state index is -1.00. The van der Waals surface area contributed by atoms with E-state index in [0.717, 1.165) is 6.42 Å². The van der Waals surface area contributed by atoms with E-state index in [4.69, 9.17) is 5.21 Å². The van der Waals surface area contributed by atoms with E-state index in [0.29, 0.717) is 13.1 Å². The van der Waals surface area contributed by atoms with E-state index in [1.807, 2.05) is 0 Å². The molecule has 0 aromatic rings. The Morgan fingerprint density at radius 1 is 1.50 bits per heavy atom. The van der Waals surface area contributed by atoms with Crippen molar-refractivity contribution in [2.75, 3.05) is 13.1 Å². The fraction of sp³-hybridized carbons (Fsp3) is 1.00. The van der Waals surface area contributed by atoms with Crippen molar-refractivity contribution >= 4 is 0 Å². The lowest BCUT2D eigenvalue weighted by atomic mass is 10.3. The summed E-state index contributed by atoms with van der Waals surface area (Å²) in [5.41, 5.74) is 0. The van der Waals surface area contributed by atoms with Crippen molar-refractivity contribution in [1.29, 1.82) is 0 Å². The quantitative estimate of drug-likeness (QED) is 0.337. The van der Waals surface area contributed by atoms with Crippen LogP contribution in [0, 0.1) is 5.21 Å². The van der Waals surface area contributed by atoms with E-state index in [-0.39, 0.29) is 0 Å². The van der Waals surface area contributed by atoms with Gasteiger partial charge in [0.05, 0.1) is 6.42 Å². The van der Waals surface area contributed by atoms with Gasteiger partial charge >= 0.3 is 0 Å². The first kappa shape index (κ1) is 4.05. The summed E-state index contributed by atoms with van der Waals surface area (Å²) >= 11 is 0. The Morgan fingerprint density at radius 2 is 1.83 bits per heavy atom. The van der Waals surface area contributed by atoms with Crippen LogP contribution in [0.1, 0.15) is 6.42 Å². The molecule has 36 valence electrons. The van der Waals surface area contributed by atoms with Crippen LogP contribution in [0.3, 0.4) is 0 Å². The Balaban J connectivity index is 2.31. The van der Waals surface area contributed by atoms with Gasteiger partial charge in [-0.1, -0.05) is 0 Å². The largest absolute Gasteiger partial charge is 0.598 e. The highest BCUT2D eigenvalue weighted by atomic mass is 16.8. The van der Waals surface area contributed by atoms with Crippen molar-refractivity contribution in [3.05, 3.63) is 5.21 Å². The van der Waals surface area contributed by atoms with Gasteiger partial charge in [0.1, 0.15) is 13.1 Å². The molecule has 0 bridgehead atoms. The first-order valence-corrected chi connectivity index (χ1v) is 2.02. The first-order valence-electron chi connectivity index (χ1n) is 2.02. The predicted octanol–water partition coefficient (Wildman–Crippen LogP) is 0.0939. The third-order valence-corrected chi connectivity index (χ3v) is 1.02. The maximum absolute atomic E-state index is 10.1. The van der Waals surface area contributed by atoms with Gasteiger partial charge in [-0.05, 0) is 0 Å². The molecule has 1 heterocycles. The summed E-state index contributed by atoms with van der Waals surface area (Å²) in [7, 11) is 0. The third-order valence-electron chi connectivity index (χ3n) is 1.02. The van der Waals surface area contributed by atoms with Crippen LogP contribution in [-0.4, -0.2) is 23.1 Å². The minimum absolute atomic E-state index is 0.389. The molecule has 1 aliphatic rings. The van der Waals surface area contributed by atoms with Gasteiger partial charge in [0.25, 0.3) is 0 Å². The lowest BCUT2D eigenvalue weighted by Crippen LogP contribution is -2.49. The van der Waals surface area contributed by atoms with Gasteiger partial charge in [-0.25, -0.2) is 10.0 Å². The molecule has 0 aromatic carbocycles. The number of hydrogen-bond acceptors (Lipinski definition) is 2. The molecule has 0 radical (unpaired) electrons. The Kier molecular flexibility index (Phi) is 0.629. The standard InChI is InChI=1S/C3H7NO2/c5-4(6)2-1-3-4/h5H,1-3H2. The maximum atomic E-state index is 10.1. The fourth-order valence-corrected chi connectivity index (χ4v) is 0.429. The summed E-state index contributed by atoms with van der Waals surface area (Å²) in [4.78, 5) is -1.00. The molecule has 3 nitrogen and oxygen atoms in total. The number of rotatable bonds is 0. The number of nitrogens with zero attached hydrogens (tertiary/aromatic N) is 1. The molecule has 0 unspecified atom stereocenters. The molecule has 0 spiro atoms. The molecule has 0 aromatic heterocycles. The monoisotopic (exact) mass is 89.0 g/mol. The van der Waals surface area contributed by atoms with Crippen LogP contribution in [0.4, 0.5) is 0 Å². The van der Waals surface area contributed by atoms with Crippen LogP contribution < -0.4 is 0 Å². The molecule has 6 heavy (non-hydrogen) atoms. The Hall–Kier alpha value is -0.120. The van der Waals surface area contributed by atoms with E-state index in [9.17, 15) is 5.21 Å². The van der Waals surface area contributed by atoms with Crippen LogP contribution in [0.25, 0.3) is 0 Å². The predicted molar refractivity (Wildman–Crippen MR) is 19.8 cm³/mol. The third kappa shape index (κ3) is 0.518. The van der Waals surface area contributed by atoms with Gasteiger partial charge in [-0.15, -0.1) is 0 Å². The van der Waals surface area contributed by atoms with Gasteiger partial charge in [-0.3, -0.25) is 0 Å². The highest BCUT2D eigenvalue weighted by Gasteiger charge is 2.23. The highest BCUT2D eigenvalue weighted by molar-refractivity contribution is 4.45. The Morgan fingerprint density at radius 3 is 1.83 bits per heavy atom. The zero-order chi connectivity index (χ0) is 4.62. The highest BCUT2D eigenvalue weighted by Crippen LogP contribution is 2.11. The second kappa shape index (κ2) is 0.932. The summed E-state index contributed by atoms with van der Waals surface area (Å²) in [5, 5.41) is 18.3.